The lowest BCUT2D eigenvalue weighted by molar-refractivity contribution is -0.155. The van der Waals surface area contributed by atoms with Crippen LogP contribution in [0, 0.1) is 5.92 Å². The SMILES string of the molecule is C.CC(C)OC(=O)C(CCC(=O)O)CC(=O)C1(C)CCCN1C(=O)CN. The molecule has 0 aliphatic carbocycles. The summed E-state index contributed by atoms with van der Waals surface area (Å²) in [5.74, 6) is -3.02. The Morgan fingerprint density at radius 3 is 2.38 bits per heavy atom. The summed E-state index contributed by atoms with van der Waals surface area (Å²) >= 11 is 0. The topological polar surface area (TPSA) is 127 Å². The van der Waals surface area contributed by atoms with Gasteiger partial charge in [0.15, 0.2) is 5.78 Å². The van der Waals surface area contributed by atoms with E-state index < -0.39 is 23.4 Å². The molecule has 0 saturated carbocycles. The minimum absolute atomic E-state index is 0. The fourth-order valence-electron chi connectivity index (χ4n) is 3.14. The number of carboxylic acids is 1. The van der Waals surface area contributed by atoms with Crippen molar-refractivity contribution in [3.05, 3.63) is 0 Å². The summed E-state index contributed by atoms with van der Waals surface area (Å²) < 4.78 is 5.15. The van der Waals surface area contributed by atoms with Gasteiger partial charge in [0.05, 0.1) is 24.1 Å². The van der Waals surface area contributed by atoms with E-state index in [1.54, 1.807) is 20.8 Å². The molecule has 2 unspecified atom stereocenters. The second-order valence-electron chi connectivity index (χ2n) is 6.87. The van der Waals surface area contributed by atoms with Gasteiger partial charge in [0.1, 0.15) is 0 Å². The summed E-state index contributed by atoms with van der Waals surface area (Å²) in [5.41, 5.74) is 4.41. The van der Waals surface area contributed by atoms with Gasteiger partial charge in [-0.05, 0) is 40.0 Å². The maximum absolute atomic E-state index is 12.9. The molecule has 1 saturated heterocycles. The van der Waals surface area contributed by atoms with E-state index in [1.165, 1.54) is 4.90 Å². The van der Waals surface area contributed by atoms with Crippen LogP contribution in [0.1, 0.15) is 60.3 Å². The number of hydrogen-bond donors (Lipinski definition) is 2. The van der Waals surface area contributed by atoms with E-state index in [2.05, 4.69) is 0 Å². The van der Waals surface area contributed by atoms with Crippen LogP contribution in [0.25, 0.3) is 0 Å². The summed E-state index contributed by atoms with van der Waals surface area (Å²) in [6, 6.07) is 0. The first-order valence-corrected chi connectivity index (χ1v) is 8.58. The molecule has 0 aromatic rings. The van der Waals surface area contributed by atoms with Gasteiger partial charge < -0.3 is 20.5 Å². The van der Waals surface area contributed by atoms with Crippen LogP contribution < -0.4 is 5.73 Å². The van der Waals surface area contributed by atoms with E-state index in [4.69, 9.17) is 15.6 Å². The monoisotopic (exact) mass is 372 g/mol. The molecule has 1 aliphatic rings. The predicted molar refractivity (Wildman–Crippen MR) is 96.3 cm³/mol. The zero-order chi connectivity index (χ0) is 19.2. The predicted octanol–water partition coefficient (Wildman–Crippen LogP) is 1.35. The number of esters is 1. The second kappa shape index (κ2) is 10.3. The quantitative estimate of drug-likeness (QED) is 0.585. The minimum Gasteiger partial charge on any atom is -0.481 e. The Morgan fingerprint density at radius 2 is 1.88 bits per heavy atom. The zero-order valence-electron chi connectivity index (χ0n) is 15.1. The fraction of sp³-hybridized carbons (Fsp3) is 0.778. The Kier molecular flexibility index (Phi) is 9.48. The Bertz CT molecular complexity index is 534. The third kappa shape index (κ3) is 6.09. The first-order chi connectivity index (χ1) is 11.6. The van der Waals surface area contributed by atoms with Crippen molar-refractivity contribution in [1.29, 1.82) is 0 Å². The summed E-state index contributed by atoms with van der Waals surface area (Å²) in [7, 11) is 0. The van der Waals surface area contributed by atoms with Crippen LogP contribution in [0.15, 0.2) is 0 Å². The van der Waals surface area contributed by atoms with Crippen molar-refractivity contribution < 1.29 is 29.0 Å². The summed E-state index contributed by atoms with van der Waals surface area (Å²) in [6.45, 7) is 5.33. The smallest absolute Gasteiger partial charge is 0.309 e. The maximum atomic E-state index is 12.9. The molecule has 1 fully saturated rings. The van der Waals surface area contributed by atoms with Gasteiger partial charge in [-0.3, -0.25) is 19.2 Å². The second-order valence-corrected chi connectivity index (χ2v) is 6.87. The first-order valence-electron chi connectivity index (χ1n) is 8.58. The largest absolute Gasteiger partial charge is 0.481 e. The highest BCUT2D eigenvalue weighted by Gasteiger charge is 2.45. The molecule has 0 bridgehead atoms. The van der Waals surface area contributed by atoms with Gasteiger partial charge in [-0.2, -0.15) is 0 Å². The number of amides is 1. The highest BCUT2D eigenvalue weighted by Crippen LogP contribution is 2.32. The number of carbonyl (C=O) groups excluding carboxylic acids is 3. The number of hydrogen-bond acceptors (Lipinski definition) is 6. The molecule has 1 heterocycles. The molecule has 0 aromatic carbocycles. The average molecular weight is 372 g/mol. The maximum Gasteiger partial charge on any atom is 0.309 e. The van der Waals surface area contributed by atoms with Crippen molar-refractivity contribution in [2.75, 3.05) is 13.1 Å². The van der Waals surface area contributed by atoms with Crippen molar-refractivity contribution in [3.8, 4) is 0 Å². The summed E-state index contributed by atoms with van der Waals surface area (Å²) in [6.07, 6.45) is 0.476. The van der Waals surface area contributed by atoms with Crippen LogP contribution in [0.5, 0.6) is 0 Å². The number of carbonyl (C=O) groups is 4. The van der Waals surface area contributed by atoms with Gasteiger partial charge in [-0.25, -0.2) is 0 Å². The van der Waals surface area contributed by atoms with Crippen molar-refractivity contribution in [3.63, 3.8) is 0 Å². The molecule has 8 heteroatoms. The Balaban J connectivity index is 0.00000625. The number of aliphatic carboxylic acids is 1. The molecule has 8 nitrogen and oxygen atoms in total. The number of ether oxygens (including phenoxy) is 1. The van der Waals surface area contributed by atoms with E-state index >= 15 is 0 Å². The highest BCUT2D eigenvalue weighted by molar-refractivity contribution is 5.95. The van der Waals surface area contributed by atoms with Crippen molar-refractivity contribution >= 4 is 23.6 Å². The van der Waals surface area contributed by atoms with Gasteiger partial charge in [-0.15, -0.1) is 0 Å². The molecule has 2 atom stereocenters. The Morgan fingerprint density at radius 1 is 1.27 bits per heavy atom. The molecule has 0 spiro atoms. The summed E-state index contributed by atoms with van der Waals surface area (Å²) in [4.78, 5) is 49.4. The number of nitrogens with zero attached hydrogens (tertiary/aromatic N) is 1. The first kappa shape index (κ1) is 24.0. The molecular formula is C18H32N2O6. The van der Waals surface area contributed by atoms with Crippen LogP contribution in [0.4, 0.5) is 0 Å². The van der Waals surface area contributed by atoms with E-state index in [0.29, 0.717) is 19.4 Å². The summed E-state index contributed by atoms with van der Waals surface area (Å²) in [5, 5.41) is 8.87. The highest BCUT2D eigenvalue weighted by atomic mass is 16.5. The van der Waals surface area contributed by atoms with E-state index in [-0.39, 0.29) is 51.0 Å². The van der Waals surface area contributed by atoms with Crippen LogP contribution in [0.2, 0.25) is 0 Å². The van der Waals surface area contributed by atoms with Crippen LogP contribution in [-0.4, -0.2) is 58.4 Å². The normalized spacial score (nSPS) is 20.4. The fourth-order valence-corrected chi connectivity index (χ4v) is 3.14. The molecule has 3 N–H and O–H groups in total. The molecule has 0 radical (unpaired) electrons. The van der Waals surface area contributed by atoms with Gasteiger partial charge in [0, 0.05) is 19.4 Å². The van der Waals surface area contributed by atoms with Gasteiger partial charge in [0.25, 0.3) is 0 Å². The molecule has 1 amide bonds. The van der Waals surface area contributed by atoms with E-state index in [0.717, 1.165) is 0 Å². The van der Waals surface area contributed by atoms with Crippen molar-refractivity contribution in [2.24, 2.45) is 11.7 Å². The van der Waals surface area contributed by atoms with Crippen molar-refractivity contribution in [1.82, 2.24) is 4.90 Å². The van der Waals surface area contributed by atoms with E-state index in [9.17, 15) is 19.2 Å². The Labute approximate surface area is 155 Å². The lowest BCUT2D eigenvalue weighted by atomic mass is 9.85. The van der Waals surface area contributed by atoms with Gasteiger partial charge >= 0.3 is 11.9 Å². The molecule has 1 aliphatic heterocycles. The molecule has 150 valence electrons. The molecule has 0 aromatic heterocycles. The van der Waals surface area contributed by atoms with Crippen molar-refractivity contribution in [2.45, 2.75) is 71.9 Å². The number of likely N-dealkylation sites (tertiary alicyclic amines) is 1. The lowest BCUT2D eigenvalue weighted by Gasteiger charge is -2.34. The number of rotatable bonds is 9. The van der Waals surface area contributed by atoms with Gasteiger partial charge in [-0.1, -0.05) is 7.43 Å². The third-order valence-corrected chi connectivity index (χ3v) is 4.54. The number of nitrogens with two attached hydrogens (primary N) is 1. The number of Topliss-reactive ketones (excluding diaryl/α,β-unsaturated/α-hetero) is 1. The third-order valence-electron chi connectivity index (χ3n) is 4.54. The van der Waals surface area contributed by atoms with Crippen LogP contribution in [0.3, 0.4) is 0 Å². The zero-order valence-corrected chi connectivity index (χ0v) is 15.1. The minimum atomic E-state index is -1.04. The average Bonchev–Trinajstić information content (AvgIpc) is 2.92. The number of ketones is 1. The Hall–Kier alpha value is -1.96. The molecule has 1 rings (SSSR count). The van der Waals surface area contributed by atoms with Crippen LogP contribution in [-0.2, 0) is 23.9 Å². The van der Waals surface area contributed by atoms with E-state index in [1.807, 2.05) is 0 Å². The molecular weight excluding hydrogens is 340 g/mol. The van der Waals surface area contributed by atoms with Crippen LogP contribution >= 0.6 is 0 Å². The molecule has 26 heavy (non-hydrogen) atoms. The van der Waals surface area contributed by atoms with Gasteiger partial charge in [0.2, 0.25) is 5.91 Å². The number of carboxylic acid groups (broad SMARTS) is 1. The lowest BCUT2D eigenvalue weighted by Crippen LogP contribution is -2.53. The standard InChI is InChI=1S/C17H28N2O6.CH4/c1-11(2)25-16(24)12(5-6-15(22)23)9-13(20)17(3)7-4-8-19(17)14(21)10-18;/h11-12H,4-10,18H2,1-3H3,(H,22,23);1H4.